The Bertz CT molecular complexity index is 495. The molecule has 1 aromatic carbocycles. The SMILES string of the molecule is CC1CCCC(NC(=S)Nc2ccc(OC(F)F)cc2)C1C. The summed E-state index contributed by atoms with van der Waals surface area (Å²) in [4.78, 5) is 0. The predicted octanol–water partition coefficient (Wildman–Crippen LogP) is 4.40. The van der Waals surface area contributed by atoms with Crippen LogP contribution in [0.25, 0.3) is 0 Å². The van der Waals surface area contributed by atoms with Gasteiger partial charge in [-0.2, -0.15) is 8.78 Å². The average molecular weight is 328 g/mol. The first-order valence-electron chi connectivity index (χ1n) is 7.58. The van der Waals surface area contributed by atoms with Crippen molar-refractivity contribution in [2.24, 2.45) is 11.8 Å². The first kappa shape index (κ1) is 16.9. The molecule has 0 spiro atoms. The van der Waals surface area contributed by atoms with Gasteiger partial charge < -0.3 is 15.4 Å². The summed E-state index contributed by atoms with van der Waals surface area (Å²) >= 11 is 5.34. The summed E-state index contributed by atoms with van der Waals surface area (Å²) < 4.78 is 28.5. The van der Waals surface area contributed by atoms with Crippen LogP contribution in [0.15, 0.2) is 24.3 Å². The molecule has 1 aromatic rings. The van der Waals surface area contributed by atoms with Gasteiger partial charge in [0.05, 0.1) is 0 Å². The van der Waals surface area contributed by atoms with Crippen molar-refractivity contribution in [1.29, 1.82) is 0 Å². The minimum Gasteiger partial charge on any atom is -0.435 e. The number of ether oxygens (including phenoxy) is 1. The molecule has 1 fully saturated rings. The lowest BCUT2D eigenvalue weighted by molar-refractivity contribution is -0.0498. The normalized spacial score (nSPS) is 24.9. The Morgan fingerprint density at radius 2 is 1.91 bits per heavy atom. The second kappa shape index (κ2) is 7.72. The zero-order valence-corrected chi connectivity index (χ0v) is 13.6. The Hall–Kier alpha value is -1.43. The number of thiocarbonyl (C=S) groups is 1. The van der Waals surface area contributed by atoms with Gasteiger partial charge in [-0.1, -0.05) is 26.7 Å². The van der Waals surface area contributed by atoms with E-state index in [1.165, 1.54) is 25.0 Å². The molecular weight excluding hydrogens is 306 g/mol. The highest BCUT2D eigenvalue weighted by atomic mass is 32.1. The van der Waals surface area contributed by atoms with E-state index in [4.69, 9.17) is 12.2 Å². The largest absolute Gasteiger partial charge is 0.435 e. The van der Waals surface area contributed by atoms with Gasteiger partial charge in [-0.3, -0.25) is 0 Å². The molecule has 1 saturated carbocycles. The summed E-state index contributed by atoms with van der Waals surface area (Å²) in [7, 11) is 0. The predicted molar refractivity (Wildman–Crippen MR) is 88.4 cm³/mol. The van der Waals surface area contributed by atoms with Crippen LogP contribution in [-0.2, 0) is 0 Å². The van der Waals surface area contributed by atoms with Gasteiger partial charge in [0.25, 0.3) is 0 Å². The minimum atomic E-state index is -2.81. The molecule has 0 amide bonds. The molecule has 3 atom stereocenters. The number of benzene rings is 1. The quantitative estimate of drug-likeness (QED) is 0.803. The van der Waals surface area contributed by atoms with Gasteiger partial charge in [-0.15, -0.1) is 0 Å². The van der Waals surface area contributed by atoms with Crippen LogP contribution in [0, 0.1) is 11.8 Å². The monoisotopic (exact) mass is 328 g/mol. The molecule has 0 radical (unpaired) electrons. The van der Waals surface area contributed by atoms with Crippen LogP contribution >= 0.6 is 12.2 Å². The summed E-state index contributed by atoms with van der Waals surface area (Å²) in [5.41, 5.74) is 0.746. The number of halogens is 2. The van der Waals surface area contributed by atoms with Crippen molar-refractivity contribution >= 4 is 23.0 Å². The van der Waals surface area contributed by atoms with Crippen LogP contribution in [0.3, 0.4) is 0 Å². The van der Waals surface area contributed by atoms with Gasteiger partial charge in [0.15, 0.2) is 5.11 Å². The lowest BCUT2D eigenvalue weighted by Crippen LogP contribution is -2.45. The Kier molecular flexibility index (Phi) is 5.94. The molecule has 0 aromatic heterocycles. The molecule has 1 aliphatic rings. The zero-order valence-electron chi connectivity index (χ0n) is 12.8. The van der Waals surface area contributed by atoms with Crippen molar-refractivity contribution in [1.82, 2.24) is 5.32 Å². The zero-order chi connectivity index (χ0) is 16.1. The van der Waals surface area contributed by atoms with Crippen LogP contribution in [0.2, 0.25) is 0 Å². The third-order valence-electron chi connectivity index (χ3n) is 4.36. The van der Waals surface area contributed by atoms with Crippen molar-refractivity contribution in [2.45, 2.75) is 45.8 Å². The first-order chi connectivity index (χ1) is 10.5. The lowest BCUT2D eigenvalue weighted by atomic mass is 9.78. The summed E-state index contributed by atoms with van der Waals surface area (Å²) in [6.07, 6.45) is 3.60. The summed E-state index contributed by atoms with van der Waals surface area (Å²) in [5.74, 6) is 1.41. The van der Waals surface area contributed by atoms with Gasteiger partial charge in [0.2, 0.25) is 0 Å². The standard InChI is InChI=1S/C16H22F2N2OS/c1-10-4-3-5-14(11(10)2)20-16(22)19-12-6-8-13(9-7-12)21-15(17)18/h6-11,14-15H,3-5H2,1-2H3,(H2,19,20,22). The molecule has 1 aliphatic carbocycles. The highest BCUT2D eigenvalue weighted by molar-refractivity contribution is 7.80. The maximum atomic E-state index is 12.1. The van der Waals surface area contributed by atoms with E-state index in [9.17, 15) is 8.78 Å². The summed E-state index contributed by atoms with van der Waals surface area (Å²) in [6, 6.07) is 6.69. The minimum absolute atomic E-state index is 0.133. The van der Waals surface area contributed by atoms with E-state index < -0.39 is 6.61 Å². The molecule has 122 valence electrons. The Balaban J connectivity index is 1.86. The molecule has 2 N–H and O–H groups in total. The van der Waals surface area contributed by atoms with Crippen LogP contribution < -0.4 is 15.4 Å². The van der Waals surface area contributed by atoms with E-state index >= 15 is 0 Å². The molecule has 6 heteroatoms. The molecule has 0 heterocycles. The fraction of sp³-hybridized carbons (Fsp3) is 0.562. The molecule has 0 aliphatic heterocycles. The van der Waals surface area contributed by atoms with Crippen molar-refractivity contribution in [2.75, 3.05) is 5.32 Å². The Morgan fingerprint density at radius 1 is 1.23 bits per heavy atom. The molecule has 0 bridgehead atoms. The highest BCUT2D eigenvalue weighted by Crippen LogP contribution is 2.29. The van der Waals surface area contributed by atoms with E-state index in [1.807, 2.05) is 0 Å². The lowest BCUT2D eigenvalue weighted by Gasteiger charge is -2.35. The van der Waals surface area contributed by atoms with Crippen molar-refractivity contribution in [3.63, 3.8) is 0 Å². The van der Waals surface area contributed by atoms with Gasteiger partial charge in [0.1, 0.15) is 5.75 Å². The second-order valence-electron chi connectivity index (χ2n) is 5.88. The maximum Gasteiger partial charge on any atom is 0.387 e. The number of hydrogen-bond acceptors (Lipinski definition) is 2. The highest BCUT2D eigenvalue weighted by Gasteiger charge is 2.27. The number of nitrogens with one attached hydrogen (secondary N) is 2. The van der Waals surface area contributed by atoms with E-state index in [-0.39, 0.29) is 5.75 Å². The van der Waals surface area contributed by atoms with E-state index in [0.29, 0.717) is 23.0 Å². The molecule has 3 unspecified atom stereocenters. The summed E-state index contributed by atoms with van der Waals surface area (Å²) in [6.45, 7) is 1.72. The third-order valence-corrected chi connectivity index (χ3v) is 4.58. The van der Waals surface area contributed by atoms with Gasteiger partial charge >= 0.3 is 6.61 Å². The van der Waals surface area contributed by atoms with Crippen LogP contribution in [0.1, 0.15) is 33.1 Å². The Morgan fingerprint density at radius 3 is 2.55 bits per heavy atom. The summed E-state index contributed by atoms with van der Waals surface area (Å²) in [5, 5.41) is 7.01. The third kappa shape index (κ3) is 4.80. The second-order valence-corrected chi connectivity index (χ2v) is 6.28. The topological polar surface area (TPSA) is 33.3 Å². The van der Waals surface area contributed by atoms with Crippen molar-refractivity contribution < 1.29 is 13.5 Å². The van der Waals surface area contributed by atoms with E-state index in [2.05, 4.69) is 29.2 Å². The maximum absolute atomic E-state index is 12.1. The molecule has 22 heavy (non-hydrogen) atoms. The first-order valence-corrected chi connectivity index (χ1v) is 7.99. The van der Waals surface area contributed by atoms with Crippen molar-refractivity contribution in [3.8, 4) is 5.75 Å². The molecule has 2 rings (SSSR count). The molecule has 0 saturated heterocycles. The molecule has 3 nitrogen and oxygen atoms in total. The van der Waals surface area contributed by atoms with E-state index in [1.54, 1.807) is 12.1 Å². The van der Waals surface area contributed by atoms with Gasteiger partial charge in [-0.05, 0) is 54.7 Å². The van der Waals surface area contributed by atoms with E-state index in [0.717, 1.165) is 12.1 Å². The molecular formula is C16H22F2N2OS. The van der Waals surface area contributed by atoms with Crippen LogP contribution in [0.4, 0.5) is 14.5 Å². The number of alkyl halides is 2. The fourth-order valence-electron chi connectivity index (χ4n) is 2.84. The van der Waals surface area contributed by atoms with Crippen molar-refractivity contribution in [3.05, 3.63) is 24.3 Å². The smallest absolute Gasteiger partial charge is 0.387 e. The average Bonchev–Trinajstić information content (AvgIpc) is 2.45. The van der Waals surface area contributed by atoms with Gasteiger partial charge in [0, 0.05) is 11.7 Å². The van der Waals surface area contributed by atoms with Gasteiger partial charge in [-0.25, -0.2) is 0 Å². The fourth-order valence-corrected chi connectivity index (χ4v) is 3.11. The number of anilines is 1. The Labute approximate surface area is 135 Å². The number of hydrogen-bond donors (Lipinski definition) is 2. The van der Waals surface area contributed by atoms with Crippen LogP contribution in [-0.4, -0.2) is 17.8 Å². The number of rotatable bonds is 4. The van der Waals surface area contributed by atoms with Crippen LogP contribution in [0.5, 0.6) is 5.75 Å².